The second-order valence-corrected chi connectivity index (χ2v) is 4.83. The van der Waals surface area contributed by atoms with Gasteiger partial charge in [0.15, 0.2) is 0 Å². The summed E-state index contributed by atoms with van der Waals surface area (Å²) in [4.78, 5) is 8.06. The molecule has 15 heavy (non-hydrogen) atoms. The summed E-state index contributed by atoms with van der Waals surface area (Å²) in [5, 5.41) is 3.68. The largest absolute Gasteiger partial charge is 0.309 e. The Morgan fingerprint density at radius 1 is 1.13 bits per heavy atom. The van der Waals surface area contributed by atoms with Gasteiger partial charge in [-0.05, 0) is 37.5 Å². The van der Waals surface area contributed by atoms with Gasteiger partial charge in [0, 0.05) is 30.5 Å². The van der Waals surface area contributed by atoms with E-state index in [1.165, 1.54) is 31.2 Å². The van der Waals surface area contributed by atoms with Gasteiger partial charge < -0.3 is 5.32 Å². The summed E-state index contributed by atoms with van der Waals surface area (Å²) >= 11 is 0. The highest BCUT2D eigenvalue weighted by atomic mass is 15.0. The van der Waals surface area contributed by atoms with Crippen LogP contribution in [-0.2, 0) is 6.54 Å². The average molecular weight is 203 g/mol. The number of hydrogen-bond donors (Lipinski definition) is 1. The molecule has 2 fully saturated rings. The summed E-state index contributed by atoms with van der Waals surface area (Å²) < 4.78 is 0. The Morgan fingerprint density at radius 2 is 1.73 bits per heavy atom. The van der Waals surface area contributed by atoms with Crippen molar-refractivity contribution in [2.75, 3.05) is 0 Å². The zero-order valence-electron chi connectivity index (χ0n) is 8.89. The molecule has 2 saturated carbocycles. The number of nitrogens with zero attached hydrogens (tertiary/aromatic N) is 2. The fraction of sp³-hybridized carbons (Fsp3) is 0.667. The van der Waals surface area contributed by atoms with Crippen LogP contribution in [-0.4, -0.2) is 16.0 Å². The molecule has 0 spiro atoms. The Hall–Kier alpha value is -0.960. The van der Waals surface area contributed by atoms with Gasteiger partial charge in [0.2, 0.25) is 0 Å². The highest BCUT2D eigenvalue weighted by Crippen LogP contribution is 2.44. The molecule has 0 unspecified atom stereocenters. The maximum atomic E-state index is 4.03. The van der Waals surface area contributed by atoms with Crippen LogP contribution in [0.4, 0.5) is 0 Å². The van der Waals surface area contributed by atoms with Crippen molar-refractivity contribution in [3.05, 3.63) is 24.3 Å². The van der Waals surface area contributed by atoms with E-state index in [0.29, 0.717) is 0 Å². The first-order valence-electron chi connectivity index (χ1n) is 5.91. The monoisotopic (exact) mass is 203 g/mol. The molecule has 0 atom stereocenters. The molecule has 0 radical (unpaired) electrons. The molecule has 0 aromatic carbocycles. The van der Waals surface area contributed by atoms with Crippen molar-refractivity contribution in [1.29, 1.82) is 0 Å². The predicted molar refractivity (Wildman–Crippen MR) is 58.1 cm³/mol. The van der Waals surface area contributed by atoms with Crippen molar-refractivity contribution in [2.24, 2.45) is 11.8 Å². The van der Waals surface area contributed by atoms with E-state index in [9.17, 15) is 0 Å². The summed E-state index contributed by atoms with van der Waals surface area (Å²) in [6.07, 6.45) is 11.1. The molecule has 3 heteroatoms. The van der Waals surface area contributed by atoms with Gasteiger partial charge in [0.25, 0.3) is 0 Å². The van der Waals surface area contributed by atoms with Crippen LogP contribution in [0.25, 0.3) is 0 Å². The standard InChI is InChI=1S/C12H17N3/c1-2-10(1)12(11-3-4-11)15-7-9-5-13-8-14-6-9/h5-6,8,10-12,15H,1-4,7H2. The van der Waals surface area contributed by atoms with Crippen LogP contribution < -0.4 is 5.32 Å². The molecule has 1 aromatic heterocycles. The van der Waals surface area contributed by atoms with Gasteiger partial charge in [0.1, 0.15) is 6.33 Å². The molecule has 80 valence electrons. The molecule has 1 heterocycles. The van der Waals surface area contributed by atoms with Gasteiger partial charge in [-0.15, -0.1) is 0 Å². The van der Waals surface area contributed by atoms with Crippen LogP contribution in [0.15, 0.2) is 18.7 Å². The van der Waals surface area contributed by atoms with E-state index < -0.39 is 0 Å². The minimum atomic E-state index is 0.769. The molecular weight excluding hydrogens is 186 g/mol. The highest BCUT2D eigenvalue weighted by molar-refractivity contribution is 5.04. The Labute approximate surface area is 90.3 Å². The van der Waals surface area contributed by atoms with Crippen molar-refractivity contribution in [3.63, 3.8) is 0 Å². The molecule has 0 bridgehead atoms. The first-order valence-corrected chi connectivity index (χ1v) is 5.91. The topological polar surface area (TPSA) is 37.8 Å². The van der Waals surface area contributed by atoms with E-state index in [1.807, 2.05) is 12.4 Å². The van der Waals surface area contributed by atoms with Gasteiger partial charge in [-0.3, -0.25) is 0 Å². The Kier molecular flexibility index (Phi) is 2.41. The zero-order valence-corrected chi connectivity index (χ0v) is 8.89. The minimum Gasteiger partial charge on any atom is -0.309 e. The molecule has 3 rings (SSSR count). The Morgan fingerprint density at radius 3 is 2.27 bits per heavy atom. The molecule has 1 aromatic rings. The lowest BCUT2D eigenvalue weighted by Gasteiger charge is -2.17. The lowest BCUT2D eigenvalue weighted by Crippen LogP contribution is -2.32. The Bertz CT molecular complexity index is 305. The maximum Gasteiger partial charge on any atom is 0.115 e. The fourth-order valence-electron chi connectivity index (χ4n) is 2.29. The summed E-state index contributed by atoms with van der Waals surface area (Å²) in [6.45, 7) is 0.929. The van der Waals surface area contributed by atoms with E-state index in [4.69, 9.17) is 0 Å². The number of nitrogens with one attached hydrogen (secondary N) is 1. The first-order chi connectivity index (χ1) is 7.43. The summed E-state index contributed by atoms with van der Waals surface area (Å²) in [6, 6.07) is 0.769. The van der Waals surface area contributed by atoms with Crippen LogP contribution in [0.1, 0.15) is 31.2 Å². The van der Waals surface area contributed by atoms with Crippen LogP contribution in [0, 0.1) is 11.8 Å². The predicted octanol–water partition coefficient (Wildman–Crippen LogP) is 1.75. The highest BCUT2D eigenvalue weighted by Gasteiger charge is 2.40. The van der Waals surface area contributed by atoms with Crippen molar-refractivity contribution in [2.45, 2.75) is 38.3 Å². The van der Waals surface area contributed by atoms with E-state index >= 15 is 0 Å². The average Bonchev–Trinajstić information content (AvgIpc) is 3.14. The lowest BCUT2D eigenvalue weighted by atomic mass is 10.1. The molecular formula is C12H17N3. The van der Waals surface area contributed by atoms with Crippen LogP contribution in [0.2, 0.25) is 0 Å². The second kappa shape index (κ2) is 3.89. The van der Waals surface area contributed by atoms with Gasteiger partial charge >= 0.3 is 0 Å². The first kappa shape index (κ1) is 9.28. The van der Waals surface area contributed by atoms with Gasteiger partial charge in [0.05, 0.1) is 0 Å². The zero-order chi connectivity index (χ0) is 10.1. The normalized spacial score (nSPS) is 20.9. The number of aromatic nitrogens is 2. The fourth-order valence-corrected chi connectivity index (χ4v) is 2.29. The number of rotatable bonds is 5. The van der Waals surface area contributed by atoms with E-state index in [2.05, 4.69) is 15.3 Å². The van der Waals surface area contributed by atoms with E-state index in [-0.39, 0.29) is 0 Å². The third-order valence-corrected chi connectivity index (χ3v) is 3.42. The van der Waals surface area contributed by atoms with Crippen LogP contribution >= 0.6 is 0 Å². The van der Waals surface area contributed by atoms with E-state index in [1.54, 1.807) is 6.33 Å². The molecule has 1 N–H and O–H groups in total. The second-order valence-electron chi connectivity index (χ2n) is 4.83. The third-order valence-electron chi connectivity index (χ3n) is 3.42. The molecule has 0 saturated heterocycles. The van der Waals surface area contributed by atoms with E-state index in [0.717, 1.165) is 24.4 Å². The molecule has 0 amide bonds. The van der Waals surface area contributed by atoms with Crippen molar-refractivity contribution in [1.82, 2.24) is 15.3 Å². The summed E-state index contributed by atoms with van der Waals surface area (Å²) in [7, 11) is 0. The Balaban J connectivity index is 1.55. The van der Waals surface area contributed by atoms with Crippen LogP contribution in [0.3, 0.4) is 0 Å². The van der Waals surface area contributed by atoms with Gasteiger partial charge in [-0.2, -0.15) is 0 Å². The smallest absolute Gasteiger partial charge is 0.115 e. The van der Waals surface area contributed by atoms with Gasteiger partial charge in [-0.1, -0.05) is 0 Å². The lowest BCUT2D eigenvalue weighted by molar-refractivity contribution is 0.415. The molecule has 2 aliphatic rings. The van der Waals surface area contributed by atoms with Crippen LogP contribution in [0.5, 0.6) is 0 Å². The van der Waals surface area contributed by atoms with Crippen molar-refractivity contribution < 1.29 is 0 Å². The minimum absolute atomic E-state index is 0.769. The summed E-state index contributed by atoms with van der Waals surface area (Å²) in [5.74, 6) is 1.92. The molecule has 0 aliphatic heterocycles. The summed E-state index contributed by atoms with van der Waals surface area (Å²) in [5.41, 5.74) is 1.20. The van der Waals surface area contributed by atoms with Crippen molar-refractivity contribution in [3.8, 4) is 0 Å². The SMILES string of the molecule is c1ncc(CNC(C2CC2)C2CC2)cn1. The third kappa shape index (κ3) is 2.34. The van der Waals surface area contributed by atoms with Gasteiger partial charge in [-0.25, -0.2) is 9.97 Å². The maximum absolute atomic E-state index is 4.03. The molecule has 2 aliphatic carbocycles. The number of hydrogen-bond acceptors (Lipinski definition) is 3. The quantitative estimate of drug-likeness (QED) is 0.792. The molecule has 3 nitrogen and oxygen atoms in total. The van der Waals surface area contributed by atoms with Crippen molar-refractivity contribution >= 4 is 0 Å².